The summed E-state index contributed by atoms with van der Waals surface area (Å²) in [4.78, 5) is 32.9. The molecule has 5 rings (SSSR count). The van der Waals surface area contributed by atoms with Gasteiger partial charge >= 0.3 is 0 Å². The van der Waals surface area contributed by atoms with E-state index in [0.29, 0.717) is 29.8 Å². The van der Waals surface area contributed by atoms with E-state index in [1.807, 2.05) is 18.2 Å². The first kappa shape index (κ1) is 23.5. The van der Waals surface area contributed by atoms with Gasteiger partial charge in [-0.05, 0) is 56.7 Å². The summed E-state index contributed by atoms with van der Waals surface area (Å²) in [6.07, 6.45) is 6.94. The highest BCUT2D eigenvalue weighted by atomic mass is 32.1. The summed E-state index contributed by atoms with van der Waals surface area (Å²) in [5, 5.41) is 10.2. The van der Waals surface area contributed by atoms with Crippen LogP contribution in [0.1, 0.15) is 49.0 Å². The fourth-order valence-corrected chi connectivity index (χ4v) is 5.50. The van der Waals surface area contributed by atoms with Crippen LogP contribution in [0.2, 0.25) is 0 Å². The molecule has 2 aromatic heterocycles. The van der Waals surface area contributed by atoms with Crippen LogP contribution in [0.4, 0.5) is 5.13 Å². The second-order valence-corrected chi connectivity index (χ2v) is 9.94. The average Bonchev–Trinajstić information content (AvgIpc) is 3.55. The summed E-state index contributed by atoms with van der Waals surface area (Å²) < 4.78 is 12.5. The van der Waals surface area contributed by atoms with Gasteiger partial charge in [0.05, 0.1) is 10.2 Å². The van der Waals surface area contributed by atoms with Crippen molar-refractivity contribution >= 4 is 38.5 Å². The number of aromatic nitrogens is 2. The molecular formula is C25H29N5O4S. The summed E-state index contributed by atoms with van der Waals surface area (Å²) in [7, 11) is 1.57. The number of carbonyl (C=O) groups excluding carboxylic acids is 2. The molecule has 10 heteroatoms. The summed E-state index contributed by atoms with van der Waals surface area (Å²) >= 11 is 1.59. The van der Waals surface area contributed by atoms with Crippen LogP contribution in [0.5, 0.6) is 11.5 Å². The van der Waals surface area contributed by atoms with E-state index >= 15 is 0 Å². The molecule has 1 aliphatic carbocycles. The first-order valence-electron chi connectivity index (χ1n) is 12.0. The molecule has 0 bridgehead atoms. The zero-order chi connectivity index (χ0) is 24.2. The first-order chi connectivity index (χ1) is 17.1. The Labute approximate surface area is 207 Å². The van der Waals surface area contributed by atoms with Crippen LogP contribution in [-0.2, 0) is 9.53 Å². The van der Waals surface area contributed by atoms with Crippen molar-refractivity contribution in [2.75, 3.05) is 19.0 Å². The van der Waals surface area contributed by atoms with Gasteiger partial charge in [-0.15, -0.1) is 0 Å². The van der Waals surface area contributed by atoms with Gasteiger partial charge in [0, 0.05) is 44.1 Å². The number of pyridine rings is 1. The van der Waals surface area contributed by atoms with Crippen molar-refractivity contribution in [3.05, 3.63) is 42.2 Å². The molecule has 1 saturated heterocycles. The van der Waals surface area contributed by atoms with Gasteiger partial charge in [-0.2, -0.15) is 0 Å². The summed E-state index contributed by atoms with van der Waals surface area (Å²) in [5.41, 5.74) is 1.21. The van der Waals surface area contributed by atoms with Gasteiger partial charge in [0.25, 0.3) is 5.91 Å². The van der Waals surface area contributed by atoms with Crippen molar-refractivity contribution in [3.63, 3.8) is 0 Å². The molecule has 1 saturated carbocycles. The molecule has 3 heterocycles. The van der Waals surface area contributed by atoms with Gasteiger partial charge in [0.15, 0.2) is 5.13 Å². The van der Waals surface area contributed by atoms with Gasteiger partial charge in [-0.3, -0.25) is 14.6 Å². The lowest BCUT2D eigenvalue weighted by molar-refractivity contribution is -0.131. The number of fused-ring (bicyclic) bond motifs is 1. The average molecular weight is 496 g/mol. The number of nitrogens with zero attached hydrogens (tertiary/aromatic N) is 2. The number of benzene rings is 1. The van der Waals surface area contributed by atoms with Crippen molar-refractivity contribution in [1.29, 1.82) is 0 Å². The van der Waals surface area contributed by atoms with Crippen molar-refractivity contribution < 1.29 is 19.1 Å². The normalized spacial score (nSPS) is 22.0. The zero-order valence-electron chi connectivity index (χ0n) is 19.6. The minimum atomic E-state index is -0.265. The van der Waals surface area contributed by atoms with Crippen LogP contribution in [0.3, 0.4) is 0 Å². The van der Waals surface area contributed by atoms with Gasteiger partial charge in [0.2, 0.25) is 5.91 Å². The Morgan fingerprint density at radius 2 is 1.86 bits per heavy atom. The van der Waals surface area contributed by atoms with Crippen molar-refractivity contribution in [1.82, 2.24) is 20.6 Å². The standard InChI is InChI=1S/C25H29N5O4S/c1-26-23(31)20-13-18(10-11-27-20)34-17-8-9-19-22(14-17)35-25(30-19)29-16-6-4-15(5-7-16)28-24(32)21-3-2-12-33-21/h8-11,13-16,21H,2-7,12H2,1H3,(H,26,31)(H,28,32)(H,29,30)/t15-,16-,21-/m1/s1. The third kappa shape index (κ3) is 5.71. The third-order valence-electron chi connectivity index (χ3n) is 6.41. The number of hydrogen-bond donors (Lipinski definition) is 3. The Kier molecular flexibility index (Phi) is 7.10. The lowest BCUT2D eigenvalue weighted by Gasteiger charge is -2.30. The predicted octanol–water partition coefficient (Wildman–Crippen LogP) is 3.86. The van der Waals surface area contributed by atoms with Gasteiger partial charge < -0.3 is 25.4 Å². The smallest absolute Gasteiger partial charge is 0.269 e. The number of hydrogen-bond acceptors (Lipinski definition) is 8. The van der Waals surface area contributed by atoms with Crippen molar-refractivity contribution in [2.24, 2.45) is 0 Å². The molecule has 9 nitrogen and oxygen atoms in total. The topological polar surface area (TPSA) is 114 Å². The number of rotatable bonds is 7. The Bertz CT molecular complexity index is 1200. The van der Waals surface area contributed by atoms with Gasteiger partial charge in [-0.1, -0.05) is 11.3 Å². The SMILES string of the molecule is CNC(=O)c1cc(Oc2ccc3nc(N[C@H]4CC[C@H](NC(=O)[C@H]5CCCO5)CC4)sc3c2)ccn1. The van der Waals surface area contributed by atoms with Crippen LogP contribution in [0.25, 0.3) is 10.2 Å². The van der Waals surface area contributed by atoms with Crippen LogP contribution < -0.4 is 20.7 Å². The quantitative estimate of drug-likeness (QED) is 0.456. The molecule has 2 amide bonds. The third-order valence-corrected chi connectivity index (χ3v) is 7.36. The fourth-order valence-electron chi connectivity index (χ4n) is 4.53. The molecule has 0 unspecified atom stereocenters. The number of anilines is 1. The number of amides is 2. The minimum Gasteiger partial charge on any atom is -0.457 e. The second kappa shape index (κ2) is 10.6. The number of thiazole rings is 1. The highest BCUT2D eigenvalue weighted by Gasteiger charge is 2.28. The monoisotopic (exact) mass is 495 g/mol. The lowest BCUT2D eigenvalue weighted by atomic mass is 9.91. The summed E-state index contributed by atoms with van der Waals surface area (Å²) in [6.45, 7) is 0.687. The van der Waals surface area contributed by atoms with Crippen LogP contribution in [-0.4, -0.2) is 53.6 Å². The molecule has 184 valence electrons. The van der Waals surface area contributed by atoms with Gasteiger partial charge in [0.1, 0.15) is 23.3 Å². The molecule has 1 aliphatic heterocycles. The summed E-state index contributed by atoms with van der Waals surface area (Å²) in [5.74, 6) is 0.997. The molecule has 0 spiro atoms. The molecule has 1 atom stereocenters. The number of carbonyl (C=O) groups is 2. The molecule has 3 N–H and O–H groups in total. The molecule has 3 aromatic rings. The molecule has 0 radical (unpaired) electrons. The van der Waals surface area contributed by atoms with E-state index in [2.05, 4.69) is 20.9 Å². The van der Waals surface area contributed by atoms with Crippen LogP contribution in [0.15, 0.2) is 36.5 Å². The summed E-state index contributed by atoms with van der Waals surface area (Å²) in [6, 6.07) is 9.64. The van der Waals surface area contributed by atoms with E-state index in [-0.39, 0.29) is 24.0 Å². The van der Waals surface area contributed by atoms with E-state index in [9.17, 15) is 9.59 Å². The Balaban J connectivity index is 1.16. The molecular weight excluding hydrogens is 466 g/mol. The highest BCUT2D eigenvalue weighted by molar-refractivity contribution is 7.22. The maximum Gasteiger partial charge on any atom is 0.269 e. The second-order valence-electron chi connectivity index (χ2n) is 8.91. The maximum absolute atomic E-state index is 12.3. The largest absolute Gasteiger partial charge is 0.457 e. The van der Waals surface area contributed by atoms with Gasteiger partial charge in [-0.25, -0.2) is 4.98 Å². The lowest BCUT2D eigenvalue weighted by Crippen LogP contribution is -2.44. The Morgan fingerprint density at radius 1 is 1.06 bits per heavy atom. The fraction of sp³-hybridized carbons (Fsp3) is 0.440. The molecule has 1 aromatic carbocycles. The van der Waals surface area contributed by atoms with E-state index in [4.69, 9.17) is 14.5 Å². The van der Waals surface area contributed by atoms with E-state index in [1.165, 1.54) is 0 Å². The Hall–Kier alpha value is -3.24. The zero-order valence-corrected chi connectivity index (χ0v) is 20.4. The minimum absolute atomic E-state index is 0.0414. The predicted molar refractivity (Wildman–Crippen MR) is 134 cm³/mol. The number of ether oxygens (including phenoxy) is 2. The van der Waals surface area contributed by atoms with E-state index in [1.54, 1.807) is 36.7 Å². The van der Waals surface area contributed by atoms with Crippen molar-refractivity contribution in [3.8, 4) is 11.5 Å². The van der Waals surface area contributed by atoms with Crippen LogP contribution >= 0.6 is 11.3 Å². The van der Waals surface area contributed by atoms with Crippen LogP contribution in [0, 0.1) is 0 Å². The maximum atomic E-state index is 12.3. The highest BCUT2D eigenvalue weighted by Crippen LogP contribution is 2.33. The van der Waals surface area contributed by atoms with E-state index < -0.39 is 0 Å². The Morgan fingerprint density at radius 3 is 2.63 bits per heavy atom. The van der Waals surface area contributed by atoms with E-state index in [0.717, 1.165) is 53.9 Å². The number of nitrogens with one attached hydrogen (secondary N) is 3. The van der Waals surface area contributed by atoms with Crippen molar-refractivity contribution in [2.45, 2.75) is 56.7 Å². The molecule has 2 aliphatic rings. The molecule has 2 fully saturated rings. The first-order valence-corrected chi connectivity index (χ1v) is 12.8. The molecule has 35 heavy (non-hydrogen) atoms.